The smallest absolute Gasteiger partial charge is 0.269 e. The van der Waals surface area contributed by atoms with Crippen LogP contribution < -0.4 is 5.32 Å². The first-order valence-electron chi connectivity index (χ1n) is 8.79. The maximum Gasteiger partial charge on any atom is 0.269 e. The third-order valence-corrected chi connectivity index (χ3v) is 5.87. The number of nitro groups is 1. The molecule has 0 aromatic heterocycles. The molecular formula is C19H23N3O5. The van der Waals surface area contributed by atoms with Crippen molar-refractivity contribution in [3.8, 4) is 0 Å². The summed E-state index contributed by atoms with van der Waals surface area (Å²) >= 11 is 0. The van der Waals surface area contributed by atoms with Gasteiger partial charge in [-0.2, -0.15) is 0 Å². The average Bonchev–Trinajstić information content (AvgIpc) is 2.58. The van der Waals surface area contributed by atoms with E-state index in [9.17, 15) is 24.5 Å². The van der Waals surface area contributed by atoms with E-state index in [1.807, 2.05) is 13.8 Å². The predicted octanol–water partition coefficient (Wildman–Crippen LogP) is 2.73. The summed E-state index contributed by atoms with van der Waals surface area (Å²) in [6.45, 7) is 5.40. The van der Waals surface area contributed by atoms with Gasteiger partial charge in [-0.1, -0.05) is 20.8 Å². The number of benzene rings is 1. The molecule has 1 aromatic carbocycles. The number of nitrogens with zero attached hydrogens (tertiary/aromatic N) is 2. The van der Waals surface area contributed by atoms with Crippen molar-refractivity contribution in [1.29, 1.82) is 0 Å². The van der Waals surface area contributed by atoms with Gasteiger partial charge in [-0.15, -0.1) is 0 Å². The van der Waals surface area contributed by atoms with Crippen LogP contribution in [0.2, 0.25) is 0 Å². The van der Waals surface area contributed by atoms with E-state index in [0.29, 0.717) is 24.9 Å². The highest BCUT2D eigenvalue weighted by Gasteiger charge is 2.62. The molecule has 2 bridgehead atoms. The molecule has 1 N–H and O–H groups in total. The number of nitro benzene ring substituents is 1. The first kappa shape index (κ1) is 19.0. The topological polar surface area (TPSA) is 110 Å². The lowest BCUT2D eigenvalue weighted by Crippen LogP contribution is -2.63. The molecule has 2 unspecified atom stereocenters. The number of hydrogen-bond acceptors (Lipinski definition) is 5. The Hall–Kier alpha value is -2.77. The van der Waals surface area contributed by atoms with E-state index in [2.05, 4.69) is 5.32 Å². The van der Waals surface area contributed by atoms with Gasteiger partial charge in [0.2, 0.25) is 17.7 Å². The molecule has 8 heteroatoms. The molecule has 1 aliphatic heterocycles. The summed E-state index contributed by atoms with van der Waals surface area (Å²) in [7, 11) is 1.50. The number of anilines is 1. The van der Waals surface area contributed by atoms with Crippen LogP contribution in [0.3, 0.4) is 0 Å². The molecule has 1 saturated heterocycles. The Bertz CT molecular complexity index is 819. The summed E-state index contributed by atoms with van der Waals surface area (Å²) in [5.41, 5.74) is -2.09. The fourth-order valence-electron chi connectivity index (χ4n) is 5.08. The summed E-state index contributed by atoms with van der Waals surface area (Å²) in [4.78, 5) is 49.9. The van der Waals surface area contributed by atoms with E-state index in [0.717, 1.165) is 0 Å². The summed E-state index contributed by atoms with van der Waals surface area (Å²) in [6, 6.07) is 5.57. The van der Waals surface area contributed by atoms with E-state index >= 15 is 0 Å². The minimum absolute atomic E-state index is 0.0642. The van der Waals surface area contributed by atoms with Gasteiger partial charge in [-0.05, 0) is 31.4 Å². The minimum Gasteiger partial charge on any atom is -0.326 e. The minimum atomic E-state index is -0.907. The molecule has 144 valence electrons. The molecular weight excluding hydrogens is 350 g/mol. The molecule has 2 atom stereocenters. The Morgan fingerprint density at radius 2 is 1.52 bits per heavy atom. The summed E-state index contributed by atoms with van der Waals surface area (Å²) in [5.74, 6) is -0.795. The van der Waals surface area contributed by atoms with Crippen molar-refractivity contribution in [3.63, 3.8) is 0 Å². The fraction of sp³-hybridized carbons (Fsp3) is 0.526. The van der Waals surface area contributed by atoms with E-state index < -0.39 is 21.2 Å². The Labute approximate surface area is 157 Å². The molecule has 8 nitrogen and oxygen atoms in total. The Balaban J connectivity index is 1.87. The Kier molecular flexibility index (Phi) is 4.13. The number of carbonyl (C=O) groups is 3. The van der Waals surface area contributed by atoms with E-state index in [1.54, 1.807) is 6.92 Å². The zero-order valence-electron chi connectivity index (χ0n) is 15.9. The van der Waals surface area contributed by atoms with Crippen LogP contribution >= 0.6 is 0 Å². The van der Waals surface area contributed by atoms with Gasteiger partial charge in [0, 0.05) is 41.1 Å². The number of fused-ring (bicyclic) bond motifs is 2. The number of nitrogens with one attached hydrogen (secondary N) is 1. The number of carbonyl (C=O) groups excluding carboxylic acids is 3. The maximum atomic E-state index is 13.0. The molecule has 27 heavy (non-hydrogen) atoms. The maximum absolute atomic E-state index is 13.0. The number of piperidine rings is 1. The summed E-state index contributed by atoms with van der Waals surface area (Å²) < 4.78 is 0. The van der Waals surface area contributed by atoms with Crippen molar-refractivity contribution in [1.82, 2.24) is 4.90 Å². The second-order valence-electron chi connectivity index (χ2n) is 8.64. The molecule has 3 rings (SSSR count). The summed E-state index contributed by atoms with van der Waals surface area (Å²) in [6.07, 6.45) is 1.11. The number of amides is 3. The second-order valence-corrected chi connectivity index (χ2v) is 8.64. The number of hydrogen-bond donors (Lipinski definition) is 1. The molecule has 1 aromatic rings. The number of non-ortho nitro benzene ring substituents is 1. The third kappa shape index (κ3) is 2.98. The zero-order chi connectivity index (χ0) is 20.2. The van der Waals surface area contributed by atoms with Crippen LogP contribution in [0.25, 0.3) is 0 Å². The number of rotatable bonds is 3. The van der Waals surface area contributed by atoms with Crippen LogP contribution in [-0.4, -0.2) is 34.6 Å². The second kappa shape index (κ2) is 5.87. The van der Waals surface area contributed by atoms with Crippen LogP contribution in [0, 0.1) is 26.4 Å². The lowest BCUT2D eigenvalue weighted by atomic mass is 9.51. The monoisotopic (exact) mass is 373 g/mol. The van der Waals surface area contributed by atoms with Crippen molar-refractivity contribution in [3.05, 3.63) is 34.4 Å². The molecule has 0 radical (unpaired) electrons. The van der Waals surface area contributed by atoms with Crippen molar-refractivity contribution >= 4 is 29.1 Å². The molecule has 0 spiro atoms. The molecule has 2 fully saturated rings. The van der Waals surface area contributed by atoms with Gasteiger partial charge >= 0.3 is 0 Å². The molecule has 1 aliphatic carbocycles. The quantitative estimate of drug-likeness (QED) is 0.498. The molecule has 1 saturated carbocycles. The first-order valence-corrected chi connectivity index (χ1v) is 8.79. The highest BCUT2D eigenvalue weighted by Crippen LogP contribution is 2.58. The average molecular weight is 373 g/mol. The standard InChI is InChI=1S/C19H23N3O5/c1-17(14(23)20-12-5-7-13(8-6-12)22(26)27)9-18(2)11-19(3,10-17)16(25)21(4)15(18)24/h5-8H,9-11H2,1-4H3,(H,20,23). The number of likely N-dealkylation sites (tertiary alicyclic amines) is 1. The SMILES string of the molecule is CN1C(=O)C2(C)CC(C)(C(=O)Nc3ccc([N+](=O)[O-])cc3)CC(C)(C2)C1=O. The highest BCUT2D eigenvalue weighted by molar-refractivity contribution is 6.05. The van der Waals surface area contributed by atoms with Crippen molar-refractivity contribution in [2.24, 2.45) is 16.2 Å². The zero-order valence-corrected chi connectivity index (χ0v) is 15.9. The van der Waals surface area contributed by atoms with Gasteiger partial charge in [0.1, 0.15) is 0 Å². The lowest BCUT2D eigenvalue weighted by Gasteiger charge is -2.55. The number of imide groups is 1. The fourth-order valence-corrected chi connectivity index (χ4v) is 5.08. The Morgan fingerprint density at radius 3 is 1.96 bits per heavy atom. The highest BCUT2D eigenvalue weighted by atomic mass is 16.6. The largest absolute Gasteiger partial charge is 0.326 e. The van der Waals surface area contributed by atoms with Crippen LogP contribution in [0.15, 0.2) is 24.3 Å². The Morgan fingerprint density at radius 1 is 1.04 bits per heavy atom. The van der Waals surface area contributed by atoms with Gasteiger partial charge < -0.3 is 5.32 Å². The van der Waals surface area contributed by atoms with E-state index in [-0.39, 0.29) is 23.4 Å². The molecule has 2 aliphatic rings. The van der Waals surface area contributed by atoms with Gasteiger partial charge in [0.25, 0.3) is 5.69 Å². The first-order chi connectivity index (χ1) is 12.4. The van der Waals surface area contributed by atoms with Gasteiger partial charge in [0.15, 0.2) is 0 Å². The van der Waals surface area contributed by atoms with Crippen molar-refractivity contribution in [2.45, 2.75) is 40.0 Å². The molecule has 3 amide bonds. The summed E-state index contributed by atoms with van der Waals surface area (Å²) in [5, 5.41) is 13.5. The normalized spacial score (nSPS) is 33.0. The van der Waals surface area contributed by atoms with Crippen LogP contribution in [0.5, 0.6) is 0 Å². The van der Waals surface area contributed by atoms with Crippen LogP contribution in [-0.2, 0) is 14.4 Å². The van der Waals surface area contributed by atoms with Crippen molar-refractivity contribution < 1.29 is 19.3 Å². The van der Waals surface area contributed by atoms with Gasteiger partial charge in [-0.25, -0.2) is 0 Å². The van der Waals surface area contributed by atoms with Gasteiger partial charge in [0.05, 0.1) is 4.92 Å². The third-order valence-electron chi connectivity index (χ3n) is 5.87. The van der Waals surface area contributed by atoms with Crippen molar-refractivity contribution in [2.75, 3.05) is 12.4 Å². The van der Waals surface area contributed by atoms with Gasteiger partial charge in [-0.3, -0.25) is 29.4 Å². The predicted molar refractivity (Wildman–Crippen MR) is 97.7 cm³/mol. The van der Waals surface area contributed by atoms with Crippen LogP contribution in [0.1, 0.15) is 40.0 Å². The van der Waals surface area contributed by atoms with E-state index in [1.165, 1.54) is 36.2 Å². The van der Waals surface area contributed by atoms with Crippen LogP contribution in [0.4, 0.5) is 11.4 Å². The molecule has 1 heterocycles. The lowest BCUT2D eigenvalue weighted by molar-refractivity contribution is -0.384. The van der Waals surface area contributed by atoms with E-state index in [4.69, 9.17) is 0 Å².